The van der Waals surface area contributed by atoms with Crippen molar-refractivity contribution in [2.24, 2.45) is 0 Å². The number of aryl methyl sites for hydroxylation is 1. The third-order valence-corrected chi connectivity index (χ3v) is 6.19. The van der Waals surface area contributed by atoms with E-state index in [4.69, 9.17) is 4.98 Å². The molecule has 0 radical (unpaired) electrons. The standard InChI is InChI=1S/C26H26N4O2/c1-17-5-4-6-18(15-17)23-16-19(13-14-27-23)25(32)29-26-28-22-7-2-3-8-24(22)30(26)20-9-11-21(31)12-10-20/h2-8,13-16,20-21,31H,9-12H2,1H3,(H,28,29,32). The number of hydrogen-bond acceptors (Lipinski definition) is 4. The molecule has 1 saturated carbocycles. The summed E-state index contributed by atoms with van der Waals surface area (Å²) < 4.78 is 2.13. The van der Waals surface area contributed by atoms with Gasteiger partial charge in [-0.1, -0.05) is 35.9 Å². The number of nitrogens with zero attached hydrogens (tertiary/aromatic N) is 3. The Balaban J connectivity index is 1.47. The zero-order valence-electron chi connectivity index (χ0n) is 18.0. The van der Waals surface area contributed by atoms with Crippen LogP contribution in [0.15, 0.2) is 66.9 Å². The maximum absolute atomic E-state index is 13.2. The summed E-state index contributed by atoms with van der Waals surface area (Å²) in [7, 11) is 0. The number of aromatic nitrogens is 3. The Labute approximate surface area is 187 Å². The molecule has 4 aromatic rings. The quantitative estimate of drug-likeness (QED) is 0.474. The summed E-state index contributed by atoms with van der Waals surface area (Å²) in [5, 5.41) is 13.0. The lowest BCUT2D eigenvalue weighted by atomic mass is 9.93. The number of aliphatic hydroxyl groups is 1. The first-order valence-corrected chi connectivity index (χ1v) is 11.1. The van der Waals surface area contributed by atoms with E-state index in [2.05, 4.69) is 20.9 Å². The molecule has 2 aromatic carbocycles. The van der Waals surface area contributed by atoms with Crippen LogP contribution in [0.2, 0.25) is 0 Å². The minimum Gasteiger partial charge on any atom is -0.393 e. The number of para-hydroxylation sites is 2. The summed E-state index contributed by atoms with van der Waals surface area (Å²) in [5.74, 6) is 0.334. The second-order valence-corrected chi connectivity index (χ2v) is 8.51. The lowest BCUT2D eigenvalue weighted by Crippen LogP contribution is -2.23. The summed E-state index contributed by atoms with van der Waals surface area (Å²) in [6.07, 6.45) is 4.66. The molecule has 1 aliphatic carbocycles. The molecule has 6 heteroatoms. The number of anilines is 1. The van der Waals surface area contributed by atoms with Crippen molar-refractivity contribution in [3.05, 3.63) is 78.0 Å². The number of hydrogen-bond donors (Lipinski definition) is 2. The van der Waals surface area contributed by atoms with Gasteiger partial charge in [0, 0.05) is 23.4 Å². The predicted molar refractivity (Wildman–Crippen MR) is 126 cm³/mol. The van der Waals surface area contributed by atoms with Gasteiger partial charge in [-0.05, 0) is 62.9 Å². The number of carbonyl (C=O) groups is 1. The van der Waals surface area contributed by atoms with E-state index in [0.717, 1.165) is 53.5 Å². The molecule has 0 spiro atoms. The second-order valence-electron chi connectivity index (χ2n) is 8.51. The van der Waals surface area contributed by atoms with E-state index < -0.39 is 0 Å². The van der Waals surface area contributed by atoms with Crippen LogP contribution in [0.1, 0.15) is 47.6 Å². The average molecular weight is 427 g/mol. The number of nitrogens with one attached hydrogen (secondary N) is 1. The summed E-state index contributed by atoms with van der Waals surface area (Å²) in [5.41, 5.74) is 5.27. The SMILES string of the molecule is Cc1cccc(-c2cc(C(=O)Nc3nc4ccccc4n3C3CCC(O)CC3)ccn2)c1. The average Bonchev–Trinajstić information content (AvgIpc) is 3.17. The minimum atomic E-state index is -0.240. The summed E-state index contributed by atoms with van der Waals surface area (Å²) in [4.78, 5) is 22.4. The van der Waals surface area contributed by atoms with Crippen molar-refractivity contribution in [3.63, 3.8) is 0 Å². The van der Waals surface area contributed by atoms with Crippen molar-refractivity contribution in [2.75, 3.05) is 5.32 Å². The highest BCUT2D eigenvalue weighted by molar-refractivity contribution is 6.04. The highest BCUT2D eigenvalue weighted by Gasteiger charge is 2.25. The fourth-order valence-corrected chi connectivity index (χ4v) is 4.53. The Kier molecular flexibility index (Phi) is 5.45. The lowest BCUT2D eigenvalue weighted by molar-refractivity contribution is 0.102. The maximum atomic E-state index is 13.2. The first kappa shape index (κ1) is 20.4. The van der Waals surface area contributed by atoms with Crippen molar-refractivity contribution < 1.29 is 9.90 Å². The molecule has 1 amide bonds. The number of aliphatic hydroxyl groups excluding tert-OH is 1. The van der Waals surface area contributed by atoms with Crippen LogP contribution in [0.25, 0.3) is 22.3 Å². The molecule has 2 heterocycles. The molecule has 162 valence electrons. The van der Waals surface area contributed by atoms with Gasteiger partial charge in [0.2, 0.25) is 5.95 Å². The van der Waals surface area contributed by atoms with Crippen LogP contribution in [-0.2, 0) is 0 Å². The molecule has 6 nitrogen and oxygen atoms in total. The van der Waals surface area contributed by atoms with E-state index in [9.17, 15) is 9.90 Å². The van der Waals surface area contributed by atoms with Gasteiger partial charge in [-0.15, -0.1) is 0 Å². The van der Waals surface area contributed by atoms with Crippen molar-refractivity contribution in [1.29, 1.82) is 0 Å². The number of imidazole rings is 1. The minimum absolute atomic E-state index is 0.196. The third kappa shape index (κ3) is 4.01. The van der Waals surface area contributed by atoms with Gasteiger partial charge < -0.3 is 9.67 Å². The van der Waals surface area contributed by atoms with Gasteiger partial charge in [-0.3, -0.25) is 15.1 Å². The molecule has 2 aromatic heterocycles. The Hall–Kier alpha value is -3.51. The highest BCUT2D eigenvalue weighted by atomic mass is 16.3. The van der Waals surface area contributed by atoms with E-state index in [1.165, 1.54) is 0 Å². The largest absolute Gasteiger partial charge is 0.393 e. The monoisotopic (exact) mass is 426 g/mol. The molecule has 1 fully saturated rings. The Bertz CT molecular complexity index is 1270. The van der Waals surface area contributed by atoms with Crippen LogP contribution in [0.4, 0.5) is 5.95 Å². The smallest absolute Gasteiger partial charge is 0.258 e. The zero-order chi connectivity index (χ0) is 22.1. The lowest BCUT2D eigenvalue weighted by Gasteiger charge is -2.28. The number of pyridine rings is 1. The van der Waals surface area contributed by atoms with E-state index in [0.29, 0.717) is 11.5 Å². The number of carbonyl (C=O) groups excluding carboxylic acids is 1. The molecule has 1 aliphatic rings. The molecular formula is C26H26N4O2. The Morgan fingerprint density at radius 3 is 2.66 bits per heavy atom. The van der Waals surface area contributed by atoms with E-state index in [-0.39, 0.29) is 18.1 Å². The van der Waals surface area contributed by atoms with Crippen molar-refractivity contribution in [1.82, 2.24) is 14.5 Å². The predicted octanol–water partition coefficient (Wildman–Crippen LogP) is 5.14. The second kappa shape index (κ2) is 8.55. The number of amides is 1. The van der Waals surface area contributed by atoms with Crippen molar-refractivity contribution in [3.8, 4) is 11.3 Å². The van der Waals surface area contributed by atoms with Crippen LogP contribution < -0.4 is 5.32 Å². The summed E-state index contributed by atoms with van der Waals surface area (Å²) in [6.45, 7) is 2.04. The van der Waals surface area contributed by atoms with Gasteiger partial charge in [0.25, 0.3) is 5.91 Å². The van der Waals surface area contributed by atoms with Crippen molar-refractivity contribution in [2.45, 2.75) is 44.8 Å². The number of fused-ring (bicyclic) bond motifs is 1. The van der Waals surface area contributed by atoms with E-state index in [1.807, 2.05) is 55.5 Å². The molecule has 0 bridgehead atoms. The van der Waals surface area contributed by atoms with Crippen LogP contribution in [0.3, 0.4) is 0 Å². The fourth-order valence-electron chi connectivity index (χ4n) is 4.53. The van der Waals surface area contributed by atoms with E-state index in [1.54, 1.807) is 12.3 Å². The van der Waals surface area contributed by atoms with Gasteiger partial charge in [0.05, 0.1) is 22.8 Å². The first-order chi connectivity index (χ1) is 15.6. The molecule has 0 unspecified atom stereocenters. The van der Waals surface area contributed by atoms with Crippen molar-refractivity contribution >= 4 is 22.9 Å². The molecule has 5 rings (SSSR count). The Morgan fingerprint density at radius 1 is 1.03 bits per heavy atom. The van der Waals surface area contributed by atoms with Gasteiger partial charge in [0.1, 0.15) is 0 Å². The van der Waals surface area contributed by atoms with Gasteiger partial charge in [0.15, 0.2) is 0 Å². The van der Waals surface area contributed by atoms with Crippen LogP contribution in [-0.4, -0.2) is 31.7 Å². The fraction of sp³-hybridized carbons (Fsp3) is 0.269. The molecular weight excluding hydrogens is 400 g/mol. The maximum Gasteiger partial charge on any atom is 0.258 e. The number of benzene rings is 2. The van der Waals surface area contributed by atoms with Gasteiger partial charge >= 0.3 is 0 Å². The summed E-state index contributed by atoms with van der Waals surface area (Å²) >= 11 is 0. The van der Waals surface area contributed by atoms with Crippen LogP contribution in [0.5, 0.6) is 0 Å². The Morgan fingerprint density at radius 2 is 1.84 bits per heavy atom. The molecule has 0 atom stereocenters. The van der Waals surface area contributed by atoms with Gasteiger partial charge in [-0.2, -0.15) is 0 Å². The molecule has 0 aliphatic heterocycles. The highest BCUT2D eigenvalue weighted by Crippen LogP contribution is 2.34. The van der Waals surface area contributed by atoms with E-state index >= 15 is 0 Å². The summed E-state index contributed by atoms with van der Waals surface area (Å²) in [6, 6.07) is 19.7. The zero-order valence-corrected chi connectivity index (χ0v) is 18.0. The molecule has 32 heavy (non-hydrogen) atoms. The third-order valence-electron chi connectivity index (χ3n) is 6.19. The number of rotatable bonds is 4. The van der Waals surface area contributed by atoms with Crippen LogP contribution >= 0.6 is 0 Å². The first-order valence-electron chi connectivity index (χ1n) is 11.1. The topological polar surface area (TPSA) is 80.0 Å². The molecule has 0 saturated heterocycles. The van der Waals surface area contributed by atoms with Crippen LogP contribution in [0, 0.1) is 6.92 Å². The normalized spacial score (nSPS) is 18.6. The molecule has 2 N–H and O–H groups in total. The van der Waals surface area contributed by atoms with Gasteiger partial charge in [-0.25, -0.2) is 4.98 Å².